The van der Waals surface area contributed by atoms with Crippen LogP contribution in [0.25, 0.3) is 0 Å². The van der Waals surface area contributed by atoms with Gasteiger partial charge in [0.15, 0.2) is 0 Å². The summed E-state index contributed by atoms with van der Waals surface area (Å²) in [6, 6.07) is 14.3. The normalized spacial score (nSPS) is 18.0. The van der Waals surface area contributed by atoms with E-state index in [4.69, 9.17) is 11.6 Å². The average molecular weight is 435 g/mol. The Morgan fingerprint density at radius 1 is 1.14 bits per heavy atom. The minimum Gasteiger partial charge on any atom is -0.352 e. The third-order valence-electron chi connectivity index (χ3n) is 5.32. The Kier molecular flexibility index (Phi) is 6.98. The second-order valence-electron chi connectivity index (χ2n) is 7.77. The molecule has 156 valence electrons. The van der Waals surface area contributed by atoms with Gasteiger partial charge in [-0.25, -0.2) is 8.42 Å². The second-order valence-corrected chi connectivity index (χ2v) is 10.1. The quantitative estimate of drug-likeness (QED) is 0.741. The van der Waals surface area contributed by atoms with Crippen LogP contribution in [0.1, 0.15) is 43.7 Å². The van der Waals surface area contributed by atoms with Crippen molar-refractivity contribution in [2.45, 2.75) is 44.0 Å². The van der Waals surface area contributed by atoms with Gasteiger partial charge in [0.2, 0.25) is 15.9 Å². The molecule has 0 aromatic heterocycles. The SMILES string of the molecule is CC(C)c1ccc(CNC(=O)[C@H]2CCCN(S(=O)(=O)c3ccc(Cl)cc3)C2)cc1. The fourth-order valence-corrected chi connectivity index (χ4v) is 5.13. The van der Waals surface area contributed by atoms with Gasteiger partial charge in [-0.2, -0.15) is 4.31 Å². The van der Waals surface area contributed by atoms with Crippen molar-refractivity contribution in [3.63, 3.8) is 0 Å². The zero-order chi connectivity index (χ0) is 21.0. The van der Waals surface area contributed by atoms with Crippen LogP contribution in [-0.4, -0.2) is 31.7 Å². The van der Waals surface area contributed by atoms with Crippen LogP contribution in [0.15, 0.2) is 53.4 Å². The molecule has 5 nitrogen and oxygen atoms in total. The summed E-state index contributed by atoms with van der Waals surface area (Å²) in [5, 5.41) is 3.45. The van der Waals surface area contributed by atoms with Crippen LogP contribution in [-0.2, 0) is 21.4 Å². The Labute approximate surface area is 178 Å². The molecular weight excluding hydrogens is 408 g/mol. The maximum atomic E-state index is 12.9. The molecule has 1 saturated heterocycles. The largest absolute Gasteiger partial charge is 0.352 e. The lowest BCUT2D eigenvalue weighted by atomic mass is 9.98. The molecule has 2 aromatic rings. The lowest BCUT2D eigenvalue weighted by Gasteiger charge is -2.31. The number of halogens is 1. The van der Waals surface area contributed by atoms with Crippen LogP contribution >= 0.6 is 11.6 Å². The minimum absolute atomic E-state index is 0.103. The monoisotopic (exact) mass is 434 g/mol. The highest BCUT2D eigenvalue weighted by Gasteiger charge is 2.33. The first-order valence-corrected chi connectivity index (χ1v) is 11.7. The molecule has 1 fully saturated rings. The summed E-state index contributed by atoms with van der Waals surface area (Å²) in [6.45, 7) is 5.35. The topological polar surface area (TPSA) is 66.5 Å². The molecule has 0 unspecified atom stereocenters. The third-order valence-corrected chi connectivity index (χ3v) is 7.45. The molecular formula is C22H27ClN2O3S. The summed E-state index contributed by atoms with van der Waals surface area (Å²) in [7, 11) is -3.63. The van der Waals surface area contributed by atoms with Gasteiger partial charge < -0.3 is 5.32 Å². The summed E-state index contributed by atoms with van der Waals surface area (Å²) in [6.07, 6.45) is 1.35. The average Bonchev–Trinajstić information content (AvgIpc) is 2.72. The van der Waals surface area contributed by atoms with Crippen molar-refractivity contribution < 1.29 is 13.2 Å². The van der Waals surface area contributed by atoms with Gasteiger partial charge in [-0.1, -0.05) is 49.7 Å². The van der Waals surface area contributed by atoms with Crippen molar-refractivity contribution in [2.75, 3.05) is 13.1 Å². The number of carbonyl (C=O) groups is 1. The van der Waals surface area contributed by atoms with E-state index in [1.165, 1.54) is 22.0 Å². The van der Waals surface area contributed by atoms with E-state index in [1.807, 2.05) is 12.1 Å². The highest BCUT2D eigenvalue weighted by Crippen LogP contribution is 2.25. The summed E-state index contributed by atoms with van der Waals surface area (Å²) >= 11 is 5.86. The van der Waals surface area contributed by atoms with Gasteiger partial charge in [0.1, 0.15) is 0 Å². The van der Waals surface area contributed by atoms with Crippen LogP contribution in [0.2, 0.25) is 5.02 Å². The molecule has 1 heterocycles. The van der Waals surface area contributed by atoms with E-state index in [2.05, 4.69) is 31.3 Å². The third kappa shape index (κ3) is 5.38. The number of rotatable bonds is 6. The van der Waals surface area contributed by atoms with Crippen LogP contribution in [0.5, 0.6) is 0 Å². The van der Waals surface area contributed by atoms with Crippen molar-refractivity contribution in [2.24, 2.45) is 5.92 Å². The number of carbonyl (C=O) groups excluding carboxylic acids is 1. The Balaban J connectivity index is 1.61. The Morgan fingerprint density at radius 3 is 2.41 bits per heavy atom. The van der Waals surface area contributed by atoms with Gasteiger partial charge in [-0.15, -0.1) is 0 Å². The van der Waals surface area contributed by atoms with Crippen molar-refractivity contribution in [3.05, 3.63) is 64.7 Å². The summed E-state index contributed by atoms with van der Waals surface area (Å²) in [5.41, 5.74) is 2.29. The molecule has 0 aliphatic carbocycles. The molecule has 29 heavy (non-hydrogen) atoms. The van der Waals surface area contributed by atoms with Gasteiger partial charge in [-0.05, 0) is 54.2 Å². The molecule has 2 aromatic carbocycles. The van der Waals surface area contributed by atoms with E-state index in [0.717, 1.165) is 5.56 Å². The molecule has 1 aliphatic rings. The molecule has 1 aliphatic heterocycles. The van der Waals surface area contributed by atoms with Crippen molar-refractivity contribution in [3.8, 4) is 0 Å². The van der Waals surface area contributed by atoms with E-state index >= 15 is 0 Å². The van der Waals surface area contributed by atoms with E-state index in [-0.39, 0.29) is 23.3 Å². The first-order chi connectivity index (χ1) is 13.8. The van der Waals surface area contributed by atoms with Gasteiger partial charge >= 0.3 is 0 Å². The summed E-state index contributed by atoms with van der Waals surface area (Å²) in [4.78, 5) is 12.9. The first-order valence-electron chi connectivity index (χ1n) is 9.89. The van der Waals surface area contributed by atoms with Crippen LogP contribution < -0.4 is 5.32 Å². The van der Waals surface area contributed by atoms with Crippen molar-refractivity contribution >= 4 is 27.5 Å². The summed E-state index contributed by atoms with van der Waals surface area (Å²) in [5.74, 6) is 0.0177. The lowest BCUT2D eigenvalue weighted by Crippen LogP contribution is -2.45. The number of amides is 1. The van der Waals surface area contributed by atoms with Crippen molar-refractivity contribution in [1.29, 1.82) is 0 Å². The fourth-order valence-electron chi connectivity index (χ4n) is 3.48. The predicted octanol–water partition coefficient (Wildman–Crippen LogP) is 4.18. The highest BCUT2D eigenvalue weighted by atomic mass is 35.5. The molecule has 0 saturated carbocycles. The number of sulfonamides is 1. The zero-order valence-electron chi connectivity index (χ0n) is 16.8. The van der Waals surface area contributed by atoms with E-state index < -0.39 is 10.0 Å². The number of hydrogen-bond acceptors (Lipinski definition) is 3. The Bertz CT molecular complexity index is 941. The Morgan fingerprint density at radius 2 is 1.79 bits per heavy atom. The predicted molar refractivity (Wildman–Crippen MR) is 115 cm³/mol. The molecule has 0 bridgehead atoms. The van der Waals surface area contributed by atoms with E-state index in [0.29, 0.717) is 36.9 Å². The van der Waals surface area contributed by atoms with Crippen LogP contribution in [0, 0.1) is 5.92 Å². The Hall–Kier alpha value is -1.89. The number of hydrogen-bond donors (Lipinski definition) is 1. The number of nitrogens with one attached hydrogen (secondary N) is 1. The van der Waals surface area contributed by atoms with Crippen LogP contribution in [0.4, 0.5) is 0 Å². The highest BCUT2D eigenvalue weighted by molar-refractivity contribution is 7.89. The summed E-state index contributed by atoms with van der Waals surface area (Å²) < 4.78 is 27.2. The maximum absolute atomic E-state index is 12.9. The molecule has 7 heteroatoms. The number of piperidine rings is 1. The van der Waals surface area contributed by atoms with Gasteiger partial charge in [0.25, 0.3) is 0 Å². The standard InChI is InChI=1S/C22H27ClN2O3S/c1-16(2)18-7-5-17(6-8-18)14-24-22(26)19-4-3-13-25(15-19)29(27,28)21-11-9-20(23)10-12-21/h5-12,16,19H,3-4,13-15H2,1-2H3,(H,24,26)/t19-/m0/s1. The molecule has 3 rings (SSSR count). The first kappa shape index (κ1) is 21.8. The number of nitrogens with zero attached hydrogens (tertiary/aromatic N) is 1. The molecule has 1 atom stereocenters. The molecule has 1 amide bonds. The van der Waals surface area contributed by atoms with Crippen LogP contribution in [0.3, 0.4) is 0 Å². The molecule has 1 N–H and O–H groups in total. The zero-order valence-corrected chi connectivity index (χ0v) is 18.3. The molecule has 0 radical (unpaired) electrons. The van der Waals surface area contributed by atoms with E-state index in [9.17, 15) is 13.2 Å². The van der Waals surface area contributed by atoms with Crippen molar-refractivity contribution in [1.82, 2.24) is 9.62 Å². The second kappa shape index (κ2) is 9.28. The smallest absolute Gasteiger partial charge is 0.243 e. The van der Waals surface area contributed by atoms with E-state index in [1.54, 1.807) is 12.1 Å². The van der Waals surface area contributed by atoms with Gasteiger partial charge in [-0.3, -0.25) is 4.79 Å². The van der Waals surface area contributed by atoms with Gasteiger partial charge in [0.05, 0.1) is 10.8 Å². The number of benzene rings is 2. The maximum Gasteiger partial charge on any atom is 0.243 e. The van der Waals surface area contributed by atoms with Gasteiger partial charge in [0, 0.05) is 24.7 Å². The molecule has 0 spiro atoms. The fraction of sp³-hybridized carbons (Fsp3) is 0.409. The lowest BCUT2D eigenvalue weighted by molar-refractivity contribution is -0.126. The minimum atomic E-state index is -3.63.